The van der Waals surface area contributed by atoms with Crippen LogP contribution < -0.4 is 11.2 Å². The number of phenols is 1. The Morgan fingerprint density at radius 3 is 2.78 bits per heavy atom. The molecule has 0 heterocycles. The van der Waals surface area contributed by atoms with E-state index < -0.39 is 5.91 Å². The van der Waals surface area contributed by atoms with E-state index >= 15 is 0 Å². The van der Waals surface area contributed by atoms with Crippen molar-refractivity contribution in [2.24, 2.45) is 10.8 Å². The van der Waals surface area contributed by atoms with Crippen molar-refractivity contribution in [2.45, 2.75) is 0 Å². The topological polar surface area (TPSA) is 87.7 Å². The molecule has 118 valence electrons. The summed E-state index contributed by atoms with van der Waals surface area (Å²) in [5.41, 5.74) is 9.97. The normalized spacial score (nSPS) is 11.2. The molecule has 0 saturated heterocycles. The number of carbonyl (C=O) groups excluding carboxylic acids is 1. The summed E-state index contributed by atoms with van der Waals surface area (Å²) in [7, 11) is 0. The van der Waals surface area contributed by atoms with Crippen molar-refractivity contribution in [1.29, 1.82) is 0 Å². The molecule has 0 fully saturated rings. The van der Waals surface area contributed by atoms with Crippen LogP contribution in [0.15, 0.2) is 53.6 Å². The second-order valence-corrected chi connectivity index (χ2v) is 5.08. The first-order valence-electron chi connectivity index (χ1n) is 6.89. The summed E-state index contributed by atoms with van der Waals surface area (Å²) in [5.74, 6) is -0.489. The van der Waals surface area contributed by atoms with Crippen molar-refractivity contribution in [3.05, 3.63) is 70.3 Å². The zero-order chi connectivity index (χ0) is 16.7. The lowest BCUT2D eigenvalue weighted by Gasteiger charge is -2.02. The molecule has 4 N–H and O–H groups in total. The van der Waals surface area contributed by atoms with Crippen LogP contribution >= 0.6 is 11.6 Å². The second kappa shape index (κ2) is 8.12. The minimum atomic E-state index is -0.415. The van der Waals surface area contributed by atoms with E-state index in [0.29, 0.717) is 12.1 Å². The molecule has 5 nitrogen and oxygen atoms in total. The van der Waals surface area contributed by atoms with E-state index in [1.54, 1.807) is 6.21 Å². The first-order valence-corrected chi connectivity index (χ1v) is 7.26. The predicted molar refractivity (Wildman–Crippen MR) is 92.7 cm³/mol. The largest absolute Gasteiger partial charge is 0.506 e. The molecule has 2 aromatic carbocycles. The standard InChI is InChI=1S/C17H16ClN3O2/c18-15-10-14(6-7-16(15)22)17(23)21-20-11-13-4-1-3-12(9-13)5-2-8-19/h1-7,9-11,22H,8,19H2,(H,21,23)/b5-2+,20-11+. The Kier molecular flexibility index (Phi) is 5.91. The molecular weight excluding hydrogens is 314 g/mol. The molecule has 0 aliphatic carbocycles. The van der Waals surface area contributed by atoms with Crippen LogP contribution in [0.3, 0.4) is 0 Å². The first-order chi connectivity index (χ1) is 11.1. The molecule has 0 atom stereocenters. The summed E-state index contributed by atoms with van der Waals surface area (Å²) < 4.78 is 0. The van der Waals surface area contributed by atoms with E-state index in [2.05, 4.69) is 10.5 Å². The van der Waals surface area contributed by atoms with Crippen molar-refractivity contribution in [3.63, 3.8) is 0 Å². The molecule has 0 aliphatic rings. The van der Waals surface area contributed by atoms with Gasteiger partial charge < -0.3 is 10.8 Å². The van der Waals surface area contributed by atoms with E-state index in [-0.39, 0.29) is 10.8 Å². The van der Waals surface area contributed by atoms with E-state index in [1.165, 1.54) is 18.2 Å². The van der Waals surface area contributed by atoms with Crippen LogP contribution in [0.25, 0.3) is 6.08 Å². The zero-order valence-corrected chi connectivity index (χ0v) is 13.0. The average Bonchev–Trinajstić information content (AvgIpc) is 2.55. The second-order valence-electron chi connectivity index (χ2n) is 4.67. The summed E-state index contributed by atoms with van der Waals surface area (Å²) >= 11 is 5.76. The van der Waals surface area contributed by atoms with Crippen molar-refractivity contribution >= 4 is 29.8 Å². The molecule has 2 aromatic rings. The number of nitrogens with one attached hydrogen (secondary N) is 1. The highest BCUT2D eigenvalue weighted by Gasteiger charge is 2.07. The van der Waals surface area contributed by atoms with Crippen LogP contribution in [0.5, 0.6) is 5.75 Å². The Bertz CT molecular complexity index is 757. The maximum atomic E-state index is 11.9. The van der Waals surface area contributed by atoms with E-state index in [1.807, 2.05) is 36.4 Å². The van der Waals surface area contributed by atoms with Gasteiger partial charge in [-0.1, -0.05) is 42.0 Å². The molecule has 6 heteroatoms. The highest BCUT2D eigenvalue weighted by Crippen LogP contribution is 2.23. The Balaban J connectivity index is 2.02. The number of carbonyl (C=O) groups is 1. The Hall–Kier alpha value is -2.63. The van der Waals surface area contributed by atoms with Gasteiger partial charge in [-0.2, -0.15) is 5.10 Å². The molecule has 0 unspecified atom stereocenters. The third-order valence-corrected chi connectivity index (χ3v) is 3.25. The van der Waals surface area contributed by atoms with Crippen LogP contribution in [0.4, 0.5) is 0 Å². The number of hydrogen-bond acceptors (Lipinski definition) is 4. The Morgan fingerprint density at radius 2 is 2.04 bits per heavy atom. The molecule has 0 saturated carbocycles. The van der Waals surface area contributed by atoms with Crippen LogP contribution in [-0.2, 0) is 0 Å². The average molecular weight is 330 g/mol. The summed E-state index contributed by atoms with van der Waals surface area (Å²) in [6.45, 7) is 0.476. The zero-order valence-electron chi connectivity index (χ0n) is 12.2. The summed E-state index contributed by atoms with van der Waals surface area (Å²) in [4.78, 5) is 11.9. The van der Waals surface area contributed by atoms with Gasteiger partial charge in [0.1, 0.15) is 5.75 Å². The summed E-state index contributed by atoms with van der Waals surface area (Å²) in [6, 6.07) is 11.8. The van der Waals surface area contributed by atoms with E-state index in [9.17, 15) is 9.90 Å². The van der Waals surface area contributed by atoms with Crippen molar-refractivity contribution in [3.8, 4) is 5.75 Å². The van der Waals surface area contributed by atoms with Gasteiger partial charge in [0, 0.05) is 12.1 Å². The van der Waals surface area contributed by atoms with Crippen molar-refractivity contribution in [1.82, 2.24) is 5.43 Å². The van der Waals surface area contributed by atoms with Crippen molar-refractivity contribution in [2.75, 3.05) is 6.54 Å². The fraction of sp³-hybridized carbons (Fsp3) is 0.0588. The lowest BCUT2D eigenvalue weighted by atomic mass is 10.1. The lowest BCUT2D eigenvalue weighted by Crippen LogP contribution is -2.17. The molecule has 2 rings (SSSR count). The van der Waals surface area contributed by atoms with Gasteiger partial charge in [0.15, 0.2) is 0 Å². The number of rotatable bonds is 5. The van der Waals surface area contributed by atoms with Gasteiger partial charge in [0.05, 0.1) is 11.2 Å². The molecule has 23 heavy (non-hydrogen) atoms. The molecule has 0 bridgehead atoms. The molecule has 0 aliphatic heterocycles. The summed E-state index contributed by atoms with van der Waals surface area (Å²) in [6.07, 6.45) is 5.31. The lowest BCUT2D eigenvalue weighted by molar-refractivity contribution is 0.0955. The molecular formula is C17H16ClN3O2. The quantitative estimate of drug-likeness (QED) is 0.582. The minimum absolute atomic E-state index is 0.0749. The number of phenolic OH excluding ortho intramolecular Hbond substituents is 1. The number of halogens is 1. The van der Waals surface area contributed by atoms with Crippen LogP contribution in [0.1, 0.15) is 21.5 Å². The summed E-state index contributed by atoms with van der Waals surface area (Å²) in [5, 5.41) is 13.4. The van der Waals surface area contributed by atoms with E-state index in [4.69, 9.17) is 17.3 Å². The number of benzene rings is 2. The number of nitrogens with zero attached hydrogens (tertiary/aromatic N) is 1. The maximum Gasteiger partial charge on any atom is 0.271 e. The van der Waals surface area contributed by atoms with Gasteiger partial charge >= 0.3 is 0 Å². The van der Waals surface area contributed by atoms with Crippen LogP contribution in [0, 0.1) is 0 Å². The third-order valence-electron chi connectivity index (χ3n) is 2.95. The molecule has 0 aromatic heterocycles. The highest BCUT2D eigenvalue weighted by atomic mass is 35.5. The smallest absolute Gasteiger partial charge is 0.271 e. The molecule has 0 spiro atoms. The monoisotopic (exact) mass is 329 g/mol. The number of amides is 1. The number of hydrazone groups is 1. The number of nitrogens with two attached hydrogens (primary N) is 1. The minimum Gasteiger partial charge on any atom is -0.506 e. The van der Waals surface area contributed by atoms with Gasteiger partial charge in [-0.05, 0) is 35.4 Å². The molecule has 0 radical (unpaired) electrons. The SMILES string of the molecule is NC/C=C/c1cccc(/C=N/NC(=O)c2ccc(O)c(Cl)c2)c1. The van der Waals surface area contributed by atoms with Crippen molar-refractivity contribution < 1.29 is 9.90 Å². The fourth-order valence-corrected chi connectivity index (χ4v) is 2.01. The third kappa shape index (κ3) is 4.95. The van der Waals surface area contributed by atoms with Crippen LogP contribution in [0.2, 0.25) is 5.02 Å². The highest BCUT2D eigenvalue weighted by molar-refractivity contribution is 6.32. The van der Waals surface area contributed by atoms with Crippen LogP contribution in [-0.4, -0.2) is 23.8 Å². The Morgan fingerprint density at radius 1 is 1.26 bits per heavy atom. The van der Waals surface area contributed by atoms with Gasteiger partial charge in [-0.3, -0.25) is 4.79 Å². The van der Waals surface area contributed by atoms with Gasteiger partial charge in [0.2, 0.25) is 0 Å². The first kappa shape index (κ1) is 16.7. The number of aromatic hydroxyl groups is 1. The van der Waals surface area contributed by atoms with Gasteiger partial charge in [0.25, 0.3) is 5.91 Å². The number of hydrogen-bond donors (Lipinski definition) is 3. The maximum absolute atomic E-state index is 11.9. The molecule has 1 amide bonds. The predicted octanol–water partition coefficient (Wildman–Crippen LogP) is 2.78. The van der Waals surface area contributed by atoms with E-state index in [0.717, 1.165) is 11.1 Å². The van der Waals surface area contributed by atoms with Gasteiger partial charge in [-0.25, -0.2) is 5.43 Å². The fourth-order valence-electron chi connectivity index (χ4n) is 1.83. The van der Waals surface area contributed by atoms with Gasteiger partial charge in [-0.15, -0.1) is 0 Å². The Labute approximate surface area is 139 Å².